The van der Waals surface area contributed by atoms with Crippen LogP contribution in [0, 0.1) is 0 Å². The Morgan fingerprint density at radius 3 is 2.59 bits per heavy atom. The first kappa shape index (κ1) is 17.5. The fraction of sp³-hybridized carbons (Fsp3) is 0.111. The minimum absolute atomic E-state index is 0.0508. The lowest BCUT2D eigenvalue weighted by molar-refractivity contribution is -0.115. The summed E-state index contributed by atoms with van der Waals surface area (Å²) in [7, 11) is 0. The number of nitrogens with two attached hydrogens (primary N) is 1. The number of carbonyl (C=O) groups is 1. The van der Waals surface area contributed by atoms with Crippen LogP contribution in [0.1, 0.15) is 5.82 Å². The van der Waals surface area contributed by atoms with Gasteiger partial charge in [-0.15, -0.1) is 10.2 Å². The Bertz CT molecular complexity index is 1160. The van der Waals surface area contributed by atoms with Crippen molar-refractivity contribution in [2.45, 2.75) is 11.7 Å². The number of aromatic nitrogens is 4. The molecular formula is C18H15N5O2S2. The molecule has 0 spiro atoms. The molecule has 0 atom stereocenters. The Hall–Kier alpha value is -2.91. The SMILES string of the molecule is NC(=O)CSc1nnc(Cn2c(=O)sc3ccccc32)n1-c1ccccc1. The molecule has 2 N–H and O–H groups in total. The minimum atomic E-state index is -0.427. The normalized spacial score (nSPS) is 11.1. The zero-order valence-electron chi connectivity index (χ0n) is 14.1. The lowest BCUT2D eigenvalue weighted by Crippen LogP contribution is -2.17. The van der Waals surface area contributed by atoms with Gasteiger partial charge in [-0.3, -0.25) is 18.7 Å². The third-order valence-electron chi connectivity index (χ3n) is 3.93. The fourth-order valence-corrected chi connectivity index (χ4v) is 4.37. The van der Waals surface area contributed by atoms with Crippen molar-refractivity contribution in [3.05, 3.63) is 70.1 Å². The molecular weight excluding hydrogens is 382 g/mol. The van der Waals surface area contributed by atoms with Crippen molar-refractivity contribution in [2.24, 2.45) is 5.73 Å². The van der Waals surface area contributed by atoms with E-state index in [4.69, 9.17) is 5.73 Å². The highest BCUT2D eigenvalue weighted by molar-refractivity contribution is 7.99. The summed E-state index contributed by atoms with van der Waals surface area (Å²) in [5.41, 5.74) is 6.99. The largest absolute Gasteiger partial charge is 0.369 e. The number of thiazole rings is 1. The third-order valence-corrected chi connectivity index (χ3v) is 5.84. The van der Waals surface area contributed by atoms with E-state index in [2.05, 4.69) is 10.2 Å². The van der Waals surface area contributed by atoms with Gasteiger partial charge in [0, 0.05) is 5.69 Å². The molecule has 2 aromatic carbocycles. The number of para-hydroxylation sites is 2. The number of primary amides is 1. The number of nitrogens with zero attached hydrogens (tertiary/aromatic N) is 4. The number of hydrogen-bond acceptors (Lipinski definition) is 6. The molecule has 0 fully saturated rings. The molecule has 136 valence electrons. The van der Waals surface area contributed by atoms with Gasteiger partial charge in [0.05, 0.1) is 22.5 Å². The van der Waals surface area contributed by atoms with Gasteiger partial charge in [-0.1, -0.05) is 53.4 Å². The monoisotopic (exact) mass is 397 g/mol. The summed E-state index contributed by atoms with van der Waals surface area (Å²) >= 11 is 2.43. The minimum Gasteiger partial charge on any atom is -0.369 e. The first-order valence-corrected chi connectivity index (χ1v) is 9.93. The van der Waals surface area contributed by atoms with Gasteiger partial charge in [0.2, 0.25) is 5.91 Å². The Kier molecular flexibility index (Phi) is 4.78. The van der Waals surface area contributed by atoms with Gasteiger partial charge in [-0.2, -0.15) is 0 Å². The zero-order valence-corrected chi connectivity index (χ0v) is 15.7. The molecule has 2 aromatic heterocycles. The van der Waals surface area contributed by atoms with Gasteiger partial charge in [-0.05, 0) is 24.3 Å². The number of hydrogen-bond donors (Lipinski definition) is 1. The summed E-state index contributed by atoms with van der Waals surface area (Å²) < 4.78 is 4.47. The molecule has 0 aliphatic rings. The predicted octanol–water partition coefficient (Wildman–Crippen LogP) is 2.27. The van der Waals surface area contributed by atoms with Crippen molar-refractivity contribution in [3.8, 4) is 5.69 Å². The second-order valence-corrected chi connectivity index (χ2v) is 7.68. The molecule has 0 radical (unpaired) electrons. The van der Waals surface area contributed by atoms with E-state index in [1.54, 1.807) is 4.57 Å². The Morgan fingerprint density at radius 1 is 1.07 bits per heavy atom. The Balaban J connectivity index is 1.79. The van der Waals surface area contributed by atoms with E-state index in [1.807, 2.05) is 59.2 Å². The summed E-state index contributed by atoms with van der Waals surface area (Å²) in [4.78, 5) is 23.6. The number of rotatable bonds is 6. The molecule has 9 heteroatoms. The van der Waals surface area contributed by atoms with E-state index in [9.17, 15) is 9.59 Å². The zero-order chi connectivity index (χ0) is 18.8. The highest BCUT2D eigenvalue weighted by atomic mass is 32.2. The molecule has 2 heterocycles. The van der Waals surface area contributed by atoms with Crippen LogP contribution in [0.2, 0.25) is 0 Å². The van der Waals surface area contributed by atoms with Gasteiger partial charge in [0.25, 0.3) is 0 Å². The van der Waals surface area contributed by atoms with Gasteiger partial charge in [-0.25, -0.2) is 0 Å². The Morgan fingerprint density at radius 2 is 1.81 bits per heavy atom. The molecule has 0 saturated heterocycles. The molecule has 0 aliphatic heterocycles. The molecule has 0 unspecified atom stereocenters. The molecule has 0 aliphatic carbocycles. The molecule has 4 rings (SSSR count). The lowest BCUT2D eigenvalue weighted by Gasteiger charge is -2.10. The average molecular weight is 397 g/mol. The van der Waals surface area contributed by atoms with Crippen molar-refractivity contribution in [2.75, 3.05) is 5.75 Å². The summed E-state index contributed by atoms with van der Waals surface area (Å²) in [6, 6.07) is 17.2. The van der Waals surface area contributed by atoms with Crippen LogP contribution < -0.4 is 10.6 Å². The smallest absolute Gasteiger partial charge is 0.308 e. The van der Waals surface area contributed by atoms with Crippen LogP contribution in [0.25, 0.3) is 15.9 Å². The van der Waals surface area contributed by atoms with E-state index in [0.29, 0.717) is 11.0 Å². The number of benzene rings is 2. The van der Waals surface area contributed by atoms with Crippen molar-refractivity contribution >= 4 is 39.2 Å². The lowest BCUT2D eigenvalue weighted by atomic mass is 10.3. The van der Waals surface area contributed by atoms with Gasteiger partial charge < -0.3 is 5.73 Å². The number of carbonyl (C=O) groups excluding carboxylic acids is 1. The molecule has 4 aromatic rings. The second kappa shape index (κ2) is 7.37. The van der Waals surface area contributed by atoms with Crippen LogP contribution in [-0.4, -0.2) is 31.0 Å². The quantitative estimate of drug-likeness (QED) is 0.504. The summed E-state index contributed by atoms with van der Waals surface area (Å²) in [5, 5.41) is 9.05. The first-order chi connectivity index (χ1) is 13.1. The summed E-state index contributed by atoms with van der Waals surface area (Å²) in [6.07, 6.45) is 0. The van der Waals surface area contributed by atoms with E-state index in [1.165, 1.54) is 23.1 Å². The molecule has 7 nitrogen and oxygen atoms in total. The van der Waals surface area contributed by atoms with E-state index < -0.39 is 5.91 Å². The van der Waals surface area contributed by atoms with Crippen molar-refractivity contribution in [1.82, 2.24) is 19.3 Å². The van der Waals surface area contributed by atoms with E-state index in [0.717, 1.165) is 15.9 Å². The van der Waals surface area contributed by atoms with Gasteiger partial charge in [0.15, 0.2) is 11.0 Å². The molecule has 0 saturated carbocycles. The van der Waals surface area contributed by atoms with Crippen LogP contribution in [-0.2, 0) is 11.3 Å². The highest BCUT2D eigenvalue weighted by Crippen LogP contribution is 2.23. The van der Waals surface area contributed by atoms with Crippen molar-refractivity contribution in [3.63, 3.8) is 0 Å². The van der Waals surface area contributed by atoms with Gasteiger partial charge >= 0.3 is 4.87 Å². The van der Waals surface area contributed by atoms with Crippen LogP contribution in [0.15, 0.2) is 64.5 Å². The van der Waals surface area contributed by atoms with E-state index in [-0.39, 0.29) is 17.2 Å². The standard InChI is InChI=1S/C18H15N5O2S2/c19-15(24)11-26-17-21-20-16(23(17)12-6-2-1-3-7-12)10-22-13-8-4-5-9-14(13)27-18(22)25/h1-9H,10-11H2,(H2,19,24). The molecule has 27 heavy (non-hydrogen) atoms. The molecule has 1 amide bonds. The maximum absolute atomic E-state index is 12.5. The maximum Gasteiger partial charge on any atom is 0.308 e. The van der Waals surface area contributed by atoms with Crippen molar-refractivity contribution in [1.29, 1.82) is 0 Å². The van der Waals surface area contributed by atoms with Crippen LogP contribution >= 0.6 is 23.1 Å². The predicted molar refractivity (Wildman–Crippen MR) is 106 cm³/mol. The van der Waals surface area contributed by atoms with E-state index >= 15 is 0 Å². The topological polar surface area (TPSA) is 95.8 Å². The number of thioether (sulfide) groups is 1. The number of fused-ring (bicyclic) bond motifs is 1. The summed E-state index contributed by atoms with van der Waals surface area (Å²) in [5.74, 6) is 0.287. The van der Waals surface area contributed by atoms with Gasteiger partial charge in [0.1, 0.15) is 0 Å². The fourth-order valence-electron chi connectivity index (χ4n) is 2.77. The summed E-state index contributed by atoms with van der Waals surface area (Å²) in [6.45, 7) is 0.280. The van der Waals surface area contributed by atoms with Crippen LogP contribution in [0.5, 0.6) is 0 Å². The Labute approximate surface area is 162 Å². The first-order valence-electron chi connectivity index (χ1n) is 8.12. The van der Waals surface area contributed by atoms with Crippen LogP contribution in [0.3, 0.4) is 0 Å². The molecule has 0 bridgehead atoms. The van der Waals surface area contributed by atoms with Crippen molar-refractivity contribution < 1.29 is 4.79 Å². The maximum atomic E-state index is 12.5. The highest BCUT2D eigenvalue weighted by Gasteiger charge is 2.17. The average Bonchev–Trinajstić information content (AvgIpc) is 3.22. The second-order valence-electron chi connectivity index (χ2n) is 5.75. The third kappa shape index (κ3) is 3.51. The number of amides is 1. The van der Waals surface area contributed by atoms with Crippen LogP contribution in [0.4, 0.5) is 0 Å².